The van der Waals surface area contributed by atoms with Crippen LogP contribution in [0.5, 0.6) is 11.5 Å². The lowest BCUT2D eigenvalue weighted by molar-refractivity contribution is 0.0935. The topological polar surface area (TPSA) is 86.5 Å². The van der Waals surface area contributed by atoms with Gasteiger partial charge in [-0.2, -0.15) is 0 Å². The molecular weight excluding hydrogens is 386 g/mol. The minimum atomic E-state index is -0.212. The van der Waals surface area contributed by atoms with Crippen LogP contribution >= 0.6 is 23.7 Å². The van der Waals surface area contributed by atoms with Gasteiger partial charge >= 0.3 is 0 Å². The van der Waals surface area contributed by atoms with Crippen LogP contribution in [-0.2, 0) is 6.54 Å². The number of hydrogen-bond donors (Lipinski definition) is 2. The molecule has 27 heavy (non-hydrogen) atoms. The van der Waals surface area contributed by atoms with Crippen molar-refractivity contribution in [2.45, 2.75) is 46.2 Å². The Bertz CT molecular complexity index is 724. The number of thiazole rings is 1. The Morgan fingerprint density at radius 1 is 1.22 bits per heavy atom. The normalized spacial score (nSPS) is 11.4. The molecule has 0 spiro atoms. The number of benzene rings is 1. The summed E-state index contributed by atoms with van der Waals surface area (Å²) < 4.78 is 11.6. The maximum atomic E-state index is 12.4. The number of halogens is 1. The van der Waals surface area contributed by atoms with E-state index in [2.05, 4.69) is 24.1 Å². The minimum absolute atomic E-state index is 0. The van der Waals surface area contributed by atoms with E-state index in [1.54, 1.807) is 5.38 Å². The zero-order chi connectivity index (χ0) is 18.9. The van der Waals surface area contributed by atoms with E-state index in [-0.39, 0.29) is 24.4 Å². The van der Waals surface area contributed by atoms with E-state index in [0.29, 0.717) is 31.2 Å². The van der Waals surface area contributed by atoms with E-state index in [0.717, 1.165) is 29.2 Å². The van der Waals surface area contributed by atoms with E-state index in [1.165, 1.54) is 11.3 Å². The van der Waals surface area contributed by atoms with Crippen molar-refractivity contribution in [3.8, 4) is 11.5 Å². The second-order valence-corrected chi connectivity index (χ2v) is 6.87. The van der Waals surface area contributed by atoms with Crippen molar-refractivity contribution >= 4 is 29.7 Å². The molecule has 1 aromatic heterocycles. The van der Waals surface area contributed by atoms with Crippen LogP contribution in [0.1, 0.15) is 60.7 Å². The summed E-state index contributed by atoms with van der Waals surface area (Å²) in [6.45, 7) is 7.65. The van der Waals surface area contributed by atoms with Gasteiger partial charge in [0.2, 0.25) is 0 Å². The molecular formula is C19H28ClN3O3S. The molecule has 2 rings (SSSR count). The Labute approximate surface area is 170 Å². The number of ether oxygens (including phenoxy) is 2. The molecule has 1 atom stereocenters. The summed E-state index contributed by atoms with van der Waals surface area (Å²) in [6.07, 6.45) is 1.84. The second-order valence-electron chi connectivity index (χ2n) is 5.93. The van der Waals surface area contributed by atoms with E-state index in [9.17, 15) is 4.79 Å². The molecule has 8 heteroatoms. The molecule has 6 nitrogen and oxygen atoms in total. The summed E-state index contributed by atoms with van der Waals surface area (Å²) in [6, 6.07) is 5.59. The lowest BCUT2D eigenvalue weighted by Gasteiger charge is -2.17. The number of aromatic nitrogens is 1. The molecule has 3 N–H and O–H groups in total. The first kappa shape index (κ1) is 23.2. The summed E-state index contributed by atoms with van der Waals surface area (Å²) >= 11 is 1.39. The van der Waals surface area contributed by atoms with Gasteiger partial charge in [-0.1, -0.05) is 19.9 Å². The summed E-state index contributed by atoms with van der Waals surface area (Å²) in [5, 5.41) is 5.43. The molecule has 150 valence electrons. The average Bonchev–Trinajstić information content (AvgIpc) is 3.14. The van der Waals surface area contributed by atoms with Gasteiger partial charge in [-0.15, -0.1) is 23.7 Å². The van der Waals surface area contributed by atoms with E-state index >= 15 is 0 Å². The Balaban J connectivity index is 0.00000364. The predicted octanol–water partition coefficient (Wildman–Crippen LogP) is 4.09. The van der Waals surface area contributed by atoms with Crippen molar-refractivity contribution in [3.63, 3.8) is 0 Å². The third-order valence-electron chi connectivity index (χ3n) is 3.70. The highest BCUT2D eigenvalue weighted by Gasteiger charge is 2.16. The van der Waals surface area contributed by atoms with Crippen LogP contribution in [0.15, 0.2) is 23.6 Å². The van der Waals surface area contributed by atoms with Crippen LogP contribution in [0.4, 0.5) is 0 Å². The lowest BCUT2D eigenvalue weighted by Crippen LogP contribution is -2.27. The predicted molar refractivity (Wildman–Crippen MR) is 111 cm³/mol. The van der Waals surface area contributed by atoms with Gasteiger partial charge in [-0.05, 0) is 37.5 Å². The van der Waals surface area contributed by atoms with Crippen molar-refractivity contribution < 1.29 is 14.3 Å². The molecule has 0 aliphatic heterocycles. The number of hydrogen-bond acceptors (Lipinski definition) is 6. The van der Waals surface area contributed by atoms with Crippen molar-refractivity contribution in [2.24, 2.45) is 5.73 Å². The fraction of sp³-hybridized carbons (Fsp3) is 0.474. The van der Waals surface area contributed by atoms with Gasteiger partial charge in [0.1, 0.15) is 10.7 Å². The minimum Gasteiger partial charge on any atom is -0.490 e. The van der Waals surface area contributed by atoms with Crippen molar-refractivity contribution in [1.82, 2.24) is 10.3 Å². The Hall–Kier alpha value is -1.83. The highest BCUT2D eigenvalue weighted by atomic mass is 35.5. The van der Waals surface area contributed by atoms with Crippen LogP contribution in [0, 0.1) is 0 Å². The van der Waals surface area contributed by atoms with Crippen LogP contribution in [-0.4, -0.2) is 24.1 Å². The molecule has 0 bridgehead atoms. The van der Waals surface area contributed by atoms with Crippen LogP contribution in [0.3, 0.4) is 0 Å². The van der Waals surface area contributed by atoms with Gasteiger partial charge in [0.25, 0.3) is 5.91 Å². The number of nitrogens with two attached hydrogens (primary N) is 1. The van der Waals surface area contributed by atoms with Gasteiger partial charge in [-0.3, -0.25) is 4.79 Å². The standard InChI is InChI=1S/C19H27N3O3S.ClH/c1-4-8-24-16-7-6-14(10-17(16)25-9-5-2)13(3)21-19(23)15-12-26-18(11-20)22-15;/h6-7,10,12-13H,4-5,8-9,11,20H2,1-3H3,(H,21,23);1H. The Morgan fingerprint density at radius 3 is 2.48 bits per heavy atom. The number of amides is 1. The number of carbonyl (C=O) groups is 1. The third-order valence-corrected chi connectivity index (χ3v) is 4.57. The summed E-state index contributed by atoms with van der Waals surface area (Å²) in [4.78, 5) is 16.6. The van der Waals surface area contributed by atoms with E-state index < -0.39 is 0 Å². The summed E-state index contributed by atoms with van der Waals surface area (Å²) in [7, 11) is 0. The van der Waals surface area contributed by atoms with E-state index in [1.807, 2.05) is 25.1 Å². The van der Waals surface area contributed by atoms with Gasteiger partial charge < -0.3 is 20.5 Å². The number of nitrogens with zero attached hydrogens (tertiary/aromatic N) is 1. The molecule has 0 aliphatic carbocycles. The first-order chi connectivity index (χ1) is 12.6. The zero-order valence-electron chi connectivity index (χ0n) is 16.0. The molecule has 0 saturated carbocycles. The van der Waals surface area contributed by atoms with Gasteiger partial charge in [0, 0.05) is 11.9 Å². The average molecular weight is 414 g/mol. The largest absolute Gasteiger partial charge is 0.490 e. The first-order valence-electron chi connectivity index (χ1n) is 8.93. The lowest BCUT2D eigenvalue weighted by atomic mass is 10.1. The first-order valence-corrected chi connectivity index (χ1v) is 9.81. The maximum absolute atomic E-state index is 12.4. The molecule has 0 saturated heterocycles. The molecule has 1 aromatic carbocycles. The second kappa shape index (κ2) is 11.8. The molecule has 1 heterocycles. The summed E-state index contributed by atoms with van der Waals surface area (Å²) in [5.74, 6) is 1.23. The quantitative estimate of drug-likeness (QED) is 0.612. The van der Waals surface area contributed by atoms with Crippen LogP contribution in [0.25, 0.3) is 0 Å². The SMILES string of the molecule is CCCOc1ccc(C(C)NC(=O)c2csc(CN)n2)cc1OCCC.Cl. The van der Waals surface area contributed by atoms with Crippen LogP contribution in [0.2, 0.25) is 0 Å². The summed E-state index contributed by atoms with van der Waals surface area (Å²) in [5.41, 5.74) is 6.89. The smallest absolute Gasteiger partial charge is 0.271 e. The van der Waals surface area contributed by atoms with Crippen LogP contribution < -0.4 is 20.5 Å². The molecule has 1 amide bonds. The molecule has 0 aliphatic rings. The number of carbonyl (C=O) groups excluding carboxylic acids is 1. The Morgan fingerprint density at radius 2 is 1.89 bits per heavy atom. The number of nitrogens with one attached hydrogen (secondary N) is 1. The van der Waals surface area contributed by atoms with Gasteiger partial charge in [0.15, 0.2) is 11.5 Å². The van der Waals surface area contributed by atoms with Crippen molar-refractivity contribution in [2.75, 3.05) is 13.2 Å². The molecule has 0 radical (unpaired) electrons. The highest BCUT2D eigenvalue weighted by Crippen LogP contribution is 2.31. The number of rotatable bonds is 10. The zero-order valence-corrected chi connectivity index (χ0v) is 17.6. The Kier molecular flexibility index (Phi) is 10.1. The van der Waals surface area contributed by atoms with Crippen molar-refractivity contribution in [3.05, 3.63) is 39.8 Å². The molecule has 0 fully saturated rings. The highest BCUT2D eigenvalue weighted by molar-refractivity contribution is 7.09. The maximum Gasteiger partial charge on any atom is 0.271 e. The monoisotopic (exact) mass is 413 g/mol. The fourth-order valence-corrected chi connectivity index (χ4v) is 2.97. The molecule has 1 unspecified atom stereocenters. The fourth-order valence-electron chi connectivity index (χ4n) is 2.31. The van der Waals surface area contributed by atoms with Crippen molar-refractivity contribution in [1.29, 1.82) is 0 Å². The van der Waals surface area contributed by atoms with Gasteiger partial charge in [-0.25, -0.2) is 4.98 Å². The molecule has 2 aromatic rings. The third kappa shape index (κ3) is 6.68. The van der Waals surface area contributed by atoms with E-state index in [4.69, 9.17) is 15.2 Å². The van der Waals surface area contributed by atoms with Gasteiger partial charge in [0.05, 0.1) is 19.3 Å².